The average molecular weight is 238 g/mol. The summed E-state index contributed by atoms with van der Waals surface area (Å²) in [6.07, 6.45) is 0.637. The molecule has 2 N–H and O–H groups in total. The third-order valence-electron chi connectivity index (χ3n) is 1.96. The van der Waals surface area contributed by atoms with E-state index in [0.717, 1.165) is 0 Å². The zero-order valence-electron chi connectivity index (χ0n) is 8.69. The fourth-order valence-electron chi connectivity index (χ4n) is 0.852. The Kier molecular flexibility index (Phi) is 6.22. The molecule has 0 unspecified atom stereocenters. The molecule has 0 bridgehead atoms. The maximum absolute atomic E-state index is 11.2. The van der Waals surface area contributed by atoms with Gasteiger partial charge in [0.1, 0.15) is 0 Å². The lowest BCUT2D eigenvalue weighted by Gasteiger charge is -2.15. The lowest BCUT2D eigenvalue weighted by atomic mass is 10.4. The first kappa shape index (κ1) is 13.8. The molecule has 0 aliphatic heterocycles. The van der Waals surface area contributed by atoms with Crippen LogP contribution in [0.4, 0.5) is 0 Å². The standard InChI is InChI=1S/C8H18N2O2S2/c1-3-14(11,12)7-6-10(2)5-4-8(9)13/h3-7H2,1-2H3,(H2,9,13). The van der Waals surface area contributed by atoms with Gasteiger partial charge in [0.2, 0.25) is 0 Å². The maximum Gasteiger partial charge on any atom is 0.151 e. The van der Waals surface area contributed by atoms with Crippen LogP contribution in [0.3, 0.4) is 0 Å². The topological polar surface area (TPSA) is 63.4 Å². The van der Waals surface area contributed by atoms with Crippen LogP contribution in [-0.4, -0.2) is 49.9 Å². The molecule has 0 aliphatic rings. The van der Waals surface area contributed by atoms with Crippen molar-refractivity contribution in [1.29, 1.82) is 0 Å². The number of nitrogens with zero attached hydrogens (tertiary/aromatic N) is 1. The van der Waals surface area contributed by atoms with E-state index >= 15 is 0 Å². The highest BCUT2D eigenvalue weighted by atomic mass is 32.2. The first-order chi connectivity index (χ1) is 6.37. The molecule has 84 valence electrons. The number of hydrogen-bond donors (Lipinski definition) is 1. The van der Waals surface area contributed by atoms with Crippen LogP contribution in [0, 0.1) is 0 Å². The highest BCUT2D eigenvalue weighted by Crippen LogP contribution is 1.93. The number of sulfone groups is 1. The van der Waals surface area contributed by atoms with Crippen molar-refractivity contribution in [3.05, 3.63) is 0 Å². The second-order valence-electron chi connectivity index (χ2n) is 3.26. The molecule has 0 heterocycles. The van der Waals surface area contributed by atoms with Crippen molar-refractivity contribution in [2.24, 2.45) is 5.73 Å². The van der Waals surface area contributed by atoms with E-state index in [1.54, 1.807) is 6.92 Å². The first-order valence-corrected chi connectivity index (χ1v) is 6.77. The third-order valence-corrected chi connectivity index (χ3v) is 3.85. The van der Waals surface area contributed by atoms with E-state index in [1.165, 1.54) is 0 Å². The minimum atomic E-state index is -2.86. The summed E-state index contributed by atoms with van der Waals surface area (Å²) in [7, 11) is -0.994. The molecule has 4 nitrogen and oxygen atoms in total. The Balaban J connectivity index is 3.74. The summed E-state index contributed by atoms with van der Waals surface area (Å²) >= 11 is 4.73. The molecule has 0 saturated heterocycles. The van der Waals surface area contributed by atoms with E-state index in [1.807, 2.05) is 11.9 Å². The largest absolute Gasteiger partial charge is 0.393 e. The minimum Gasteiger partial charge on any atom is -0.393 e. The first-order valence-electron chi connectivity index (χ1n) is 4.54. The predicted molar refractivity (Wildman–Crippen MR) is 63.2 cm³/mol. The van der Waals surface area contributed by atoms with Crippen molar-refractivity contribution in [3.8, 4) is 0 Å². The summed E-state index contributed by atoms with van der Waals surface area (Å²) < 4.78 is 22.3. The summed E-state index contributed by atoms with van der Waals surface area (Å²) in [5.41, 5.74) is 5.34. The zero-order valence-corrected chi connectivity index (χ0v) is 10.3. The second-order valence-corrected chi connectivity index (χ2v) is 6.25. The van der Waals surface area contributed by atoms with Crippen molar-refractivity contribution in [2.45, 2.75) is 13.3 Å². The molecule has 0 spiro atoms. The summed E-state index contributed by atoms with van der Waals surface area (Å²) in [5, 5.41) is 0. The molecule has 0 atom stereocenters. The SMILES string of the molecule is CCS(=O)(=O)CCN(C)CCC(N)=S. The van der Waals surface area contributed by atoms with E-state index in [4.69, 9.17) is 18.0 Å². The van der Waals surface area contributed by atoms with E-state index in [-0.39, 0.29) is 11.5 Å². The molecule has 0 fully saturated rings. The van der Waals surface area contributed by atoms with Crippen LogP contribution in [0.25, 0.3) is 0 Å². The van der Waals surface area contributed by atoms with Crippen LogP contribution in [0.5, 0.6) is 0 Å². The third kappa shape index (κ3) is 7.23. The Morgan fingerprint density at radius 1 is 1.43 bits per heavy atom. The van der Waals surface area contributed by atoms with Crippen molar-refractivity contribution in [2.75, 3.05) is 31.6 Å². The Labute approximate surface area is 91.4 Å². The van der Waals surface area contributed by atoms with Gasteiger partial charge in [0.05, 0.1) is 10.7 Å². The highest BCUT2D eigenvalue weighted by molar-refractivity contribution is 7.91. The van der Waals surface area contributed by atoms with Crippen molar-refractivity contribution >= 4 is 27.0 Å². The van der Waals surface area contributed by atoms with E-state index < -0.39 is 9.84 Å². The Bertz CT molecular complexity index is 275. The fraction of sp³-hybridized carbons (Fsp3) is 0.875. The minimum absolute atomic E-state index is 0.205. The molecule has 0 rings (SSSR count). The lowest BCUT2D eigenvalue weighted by Crippen LogP contribution is -2.29. The monoisotopic (exact) mass is 238 g/mol. The van der Waals surface area contributed by atoms with Crippen LogP contribution in [0.2, 0.25) is 0 Å². The molecule has 0 aromatic rings. The van der Waals surface area contributed by atoms with Crippen molar-refractivity contribution in [1.82, 2.24) is 4.90 Å². The molecule has 6 heteroatoms. The lowest BCUT2D eigenvalue weighted by molar-refractivity contribution is 0.364. The highest BCUT2D eigenvalue weighted by Gasteiger charge is 2.08. The van der Waals surface area contributed by atoms with Gasteiger partial charge in [-0.25, -0.2) is 8.42 Å². The van der Waals surface area contributed by atoms with Crippen LogP contribution in [0.15, 0.2) is 0 Å². The van der Waals surface area contributed by atoms with Gasteiger partial charge in [-0.1, -0.05) is 19.1 Å². The fourth-order valence-corrected chi connectivity index (χ4v) is 1.82. The summed E-state index contributed by atoms with van der Waals surface area (Å²) in [4.78, 5) is 2.39. The number of rotatable bonds is 7. The zero-order chi connectivity index (χ0) is 11.2. The molecule has 0 radical (unpaired) electrons. The maximum atomic E-state index is 11.2. The second kappa shape index (κ2) is 6.31. The number of hydrogen-bond acceptors (Lipinski definition) is 4. The van der Waals surface area contributed by atoms with Gasteiger partial charge in [0.15, 0.2) is 9.84 Å². The predicted octanol–water partition coefficient (Wildman–Crippen LogP) is 0.0291. The van der Waals surface area contributed by atoms with Gasteiger partial charge in [-0.05, 0) is 7.05 Å². The molecular formula is C8H18N2O2S2. The summed E-state index contributed by atoms with van der Waals surface area (Å²) in [5.74, 6) is 0.410. The average Bonchev–Trinajstić information content (AvgIpc) is 2.11. The van der Waals surface area contributed by atoms with Crippen molar-refractivity contribution < 1.29 is 8.42 Å². The van der Waals surface area contributed by atoms with Crippen LogP contribution < -0.4 is 5.73 Å². The van der Waals surface area contributed by atoms with Gasteiger partial charge in [0, 0.05) is 25.3 Å². The summed E-state index contributed by atoms with van der Waals surface area (Å²) in [6.45, 7) is 2.91. The molecule has 0 saturated carbocycles. The Morgan fingerprint density at radius 3 is 2.43 bits per heavy atom. The molecule has 0 aromatic carbocycles. The molecular weight excluding hydrogens is 220 g/mol. The van der Waals surface area contributed by atoms with Gasteiger partial charge < -0.3 is 10.6 Å². The van der Waals surface area contributed by atoms with E-state index in [0.29, 0.717) is 24.5 Å². The normalized spacial score (nSPS) is 11.9. The van der Waals surface area contributed by atoms with E-state index in [9.17, 15) is 8.42 Å². The van der Waals surface area contributed by atoms with Crippen molar-refractivity contribution in [3.63, 3.8) is 0 Å². The van der Waals surface area contributed by atoms with Gasteiger partial charge in [-0.2, -0.15) is 0 Å². The quantitative estimate of drug-likeness (QED) is 0.634. The van der Waals surface area contributed by atoms with Crippen LogP contribution >= 0.6 is 12.2 Å². The van der Waals surface area contributed by atoms with Crippen LogP contribution in [-0.2, 0) is 9.84 Å². The molecule has 14 heavy (non-hydrogen) atoms. The van der Waals surface area contributed by atoms with Gasteiger partial charge in [-0.15, -0.1) is 0 Å². The Morgan fingerprint density at radius 2 is 2.00 bits per heavy atom. The molecule has 0 aromatic heterocycles. The Hall–Kier alpha value is -0.200. The van der Waals surface area contributed by atoms with Gasteiger partial charge in [-0.3, -0.25) is 0 Å². The number of nitrogens with two attached hydrogens (primary N) is 1. The molecule has 0 amide bonds. The molecule has 0 aliphatic carbocycles. The van der Waals surface area contributed by atoms with Gasteiger partial charge >= 0.3 is 0 Å². The van der Waals surface area contributed by atoms with Gasteiger partial charge in [0.25, 0.3) is 0 Å². The van der Waals surface area contributed by atoms with E-state index in [2.05, 4.69) is 0 Å². The smallest absolute Gasteiger partial charge is 0.151 e. The van der Waals surface area contributed by atoms with Crippen LogP contribution in [0.1, 0.15) is 13.3 Å². The summed E-state index contributed by atoms with van der Waals surface area (Å²) in [6, 6.07) is 0. The number of thiocarbonyl (C=S) groups is 1.